The van der Waals surface area contributed by atoms with Crippen LogP contribution in [0.1, 0.15) is 31.0 Å². The molecule has 1 aliphatic heterocycles. The van der Waals surface area contributed by atoms with Crippen molar-refractivity contribution in [2.45, 2.75) is 25.4 Å². The third-order valence-corrected chi connectivity index (χ3v) is 4.75. The summed E-state index contributed by atoms with van der Waals surface area (Å²) in [6.07, 6.45) is 0. The van der Waals surface area contributed by atoms with Crippen molar-refractivity contribution in [3.63, 3.8) is 0 Å². The molecule has 2 aromatic rings. The topological polar surface area (TPSA) is 78.5 Å². The smallest absolute Gasteiger partial charge is 0.325 e. The van der Waals surface area contributed by atoms with Gasteiger partial charge in [-0.2, -0.15) is 0 Å². The molecule has 8 heteroatoms. The Bertz CT molecular complexity index is 933. The van der Waals surface area contributed by atoms with Crippen LogP contribution in [0.25, 0.3) is 0 Å². The molecule has 2 atom stereocenters. The van der Waals surface area contributed by atoms with Gasteiger partial charge in [0.25, 0.3) is 5.91 Å². The first-order valence-electron chi connectivity index (χ1n) is 8.66. The number of rotatable bonds is 5. The summed E-state index contributed by atoms with van der Waals surface area (Å²) in [5.41, 5.74) is -0.707. The number of carbonyl (C=O) groups is 3. The van der Waals surface area contributed by atoms with Gasteiger partial charge in [0.15, 0.2) is 0 Å². The van der Waals surface area contributed by atoms with Gasteiger partial charge in [-0.3, -0.25) is 14.5 Å². The molecule has 4 amide bonds. The van der Waals surface area contributed by atoms with Gasteiger partial charge in [0.2, 0.25) is 5.91 Å². The highest BCUT2D eigenvalue weighted by Gasteiger charge is 2.49. The Morgan fingerprint density at radius 3 is 2.43 bits per heavy atom. The second-order valence-electron chi connectivity index (χ2n) is 6.76. The van der Waals surface area contributed by atoms with Crippen molar-refractivity contribution in [1.82, 2.24) is 15.5 Å². The molecule has 28 heavy (non-hydrogen) atoms. The number of amides is 4. The molecule has 0 spiro atoms. The zero-order valence-electron chi connectivity index (χ0n) is 15.3. The average molecular weight is 387 g/mol. The second-order valence-corrected chi connectivity index (χ2v) is 6.76. The Morgan fingerprint density at radius 2 is 1.79 bits per heavy atom. The Labute approximate surface area is 160 Å². The van der Waals surface area contributed by atoms with Crippen molar-refractivity contribution in [2.24, 2.45) is 0 Å². The molecule has 0 bridgehead atoms. The summed E-state index contributed by atoms with van der Waals surface area (Å²) in [6.45, 7) is 2.57. The van der Waals surface area contributed by atoms with E-state index in [4.69, 9.17) is 0 Å². The van der Waals surface area contributed by atoms with Gasteiger partial charge in [-0.05, 0) is 37.6 Å². The number of hydrogen-bond acceptors (Lipinski definition) is 3. The van der Waals surface area contributed by atoms with Crippen LogP contribution in [0, 0.1) is 11.6 Å². The number of halogens is 2. The minimum absolute atomic E-state index is 0.296. The van der Waals surface area contributed by atoms with Gasteiger partial charge in [-0.25, -0.2) is 13.6 Å². The third kappa shape index (κ3) is 3.58. The van der Waals surface area contributed by atoms with E-state index in [1.807, 2.05) is 0 Å². The number of nitrogens with zero attached hydrogens (tertiary/aromatic N) is 1. The predicted octanol–water partition coefficient (Wildman–Crippen LogP) is 2.61. The fourth-order valence-electron chi connectivity index (χ4n) is 3.15. The predicted molar refractivity (Wildman–Crippen MR) is 97.0 cm³/mol. The maximum atomic E-state index is 13.8. The van der Waals surface area contributed by atoms with E-state index >= 15 is 0 Å². The van der Waals surface area contributed by atoms with E-state index in [1.54, 1.807) is 19.1 Å². The summed E-state index contributed by atoms with van der Waals surface area (Å²) in [5.74, 6) is -2.17. The molecule has 0 aliphatic carbocycles. The molecule has 1 saturated heterocycles. The summed E-state index contributed by atoms with van der Waals surface area (Å²) in [6, 6.07) is 9.81. The van der Waals surface area contributed by atoms with Crippen molar-refractivity contribution in [1.29, 1.82) is 0 Å². The van der Waals surface area contributed by atoms with Gasteiger partial charge in [-0.1, -0.05) is 30.3 Å². The van der Waals surface area contributed by atoms with E-state index in [0.717, 1.165) is 4.90 Å². The number of carbonyl (C=O) groups excluding carboxylic acids is 3. The molecule has 2 N–H and O–H groups in total. The van der Waals surface area contributed by atoms with Crippen LogP contribution in [-0.4, -0.2) is 29.3 Å². The van der Waals surface area contributed by atoms with Gasteiger partial charge in [0.1, 0.15) is 23.7 Å². The van der Waals surface area contributed by atoms with E-state index < -0.39 is 47.6 Å². The van der Waals surface area contributed by atoms with Crippen molar-refractivity contribution < 1.29 is 23.2 Å². The highest BCUT2D eigenvalue weighted by Crippen LogP contribution is 2.28. The van der Waals surface area contributed by atoms with Crippen molar-refractivity contribution in [3.05, 3.63) is 71.3 Å². The van der Waals surface area contributed by atoms with Crippen LogP contribution in [-0.2, 0) is 15.1 Å². The third-order valence-electron chi connectivity index (χ3n) is 4.75. The lowest BCUT2D eigenvalue weighted by Gasteiger charge is -2.22. The summed E-state index contributed by atoms with van der Waals surface area (Å²) in [4.78, 5) is 38.1. The molecular weight excluding hydrogens is 368 g/mol. The van der Waals surface area contributed by atoms with Gasteiger partial charge < -0.3 is 10.6 Å². The molecular formula is C20H19F2N3O3. The average Bonchev–Trinajstić information content (AvgIpc) is 2.86. The lowest BCUT2D eigenvalue weighted by molar-refractivity contribution is -0.135. The zero-order chi connectivity index (χ0) is 20.5. The second kappa shape index (κ2) is 7.38. The summed E-state index contributed by atoms with van der Waals surface area (Å²) in [7, 11) is 0. The summed E-state index contributed by atoms with van der Waals surface area (Å²) < 4.78 is 27.0. The molecule has 1 aliphatic rings. The van der Waals surface area contributed by atoms with E-state index in [-0.39, 0.29) is 0 Å². The first-order chi connectivity index (χ1) is 13.2. The Kier molecular flexibility index (Phi) is 5.13. The minimum atomic E-state index is -1.40. The molecule has 1 heterocycles. The van der Waals surface area contributed by atoms with Crippen LogP contribution >= 0.6 is 0 Å². The van der Waals surface area contributed by atoms with E-state index in [2.05, 4.69) is 10.6 Å². The van der Waals surface area contributed by atoms with Crippen LogP contribution in [0.3, 0.4) is 0 Å². The van der Waals surface area contributed by atoms with Crippen molar-refractivity contribution in [2.75, 3.05) is 6.54 Å². The van der Waals surface area contributed by atoms with Crippen molar-refractivity contribution in [3.8, 4) is 0 Å². The van der Waals surface area contributed by atoms with Crippen LogP contribution in [0.5, 0.6) is 0 Å². The molecule has 0 aromatic heterocycles. The van der Waals surface area contributed by atoms with E-state index in [1.165, 1.54) is 43.3 Å². The van der Waals surface area contributed by atoms with Crippen LogP contribution in [0.15, 0.2) is 48.5 Å². The van der Waals surface area contributed by atoms with E-state index in [0.29, 0.717) is 11.1 Å². The fourth-order valence-corrected chi connectivity index (χ4v) is 3.15. The number of urea groups is 1. The van der Waals surface area contributed by atoms with Gasteiger partial charge >= 0.3 is 6.03 Å². The Balaban J connectivity index is 1.71. The molecule has 0 saturated carbocycles. The Morgan fingerprint density at radius 1 is 1.14 bits per heavy atom. The molecule has 3 rings (SSSR count). The molecule has 2 aromatic carbocycles. The van der Waals surface area contributed by atoms with Crippen molar-refractivity contribution >= 4 is 17.8 Å². The quantitative estimate of drug-likeness (QED) is 0.774. The monoisotopic (exact) mass is 387 g/mol. The van der Waals surface area contributed by atoms with Gasteiger partial charge in [0, 0.05) is 5.56 Å². The molecule has 0 radical (unpaired) electrons. The molecule has 0 unspecified atom stereocenters. The molecule has 146 valence electrons. The highest BCUT2D eigenvalue weighted by molar-refractivity contribution is 6.09. The number of hydrogen-bond donors (Lipinski definition) is 2. The van der Waals surface area contributed by atoms with Gasteiger partial charge in [-0.15, -0.1) is 0 Å². The largest absolute Gasteiger partial charge is 0.348 e. The minimum Gasteiger partial charge on any atom is -0.348 e. The number of benzene rings is 2. The Hall–Kier alpha value is -3.29. The maximum absolute atomic E-state index is 13.8. The van der Waals surface area contributed by atoms with Crippen LogP contribution in [0.2, 0.25) is 0 Å². The fraction of sp³-hybridized carbons (Fsp3) is 0.250. The highest BCUT2D eigenvalue weighted by atomic mass is 19.1. The van der Waals surface area contributed by atoms with E-state index in [9.17, 15) is 23.2 Å². The summed E-state index contributed by atoms with van der Waals surface area (Å²) in [5, 5.41) is 5.12. The lowest BCUT2D eigenvalue weighted by atomic mass is 9.92. The first kappa shape index (κ1) is 19.5. The van der Waals surface area contributed by atoms with Crippen LogP contribution in [0.4, 0.5) is 13.6 Å². The normalized spacial score (nSPS) is 20.1. The molecule has 1 fully saturated rings. The summed E-state index contributed by atoms with van der Waals surface area (Å²) >= 11 is 0. The van der Waals surface area contributed by atoms with Crippen LogP contribution < -0.4 is 10.6 Å². The molecule has 6 nitrogen and oxygen atoms in total. The standard InChI is InChI=1S/C20H19F2N3O3/c1-12(15-5-3-4-6-16(15)22)23-17(26)11-25-18(27)20(2,24-19(25)28)13-7-9-14(21)10-8-13/h3-10,12H,11H2,1-2H3,(H,23,26)(H,24,28)/t12-,20-/m0/s1. The first-order valence-corrected chi connectivity index (χ1v) is 8.66. The van der Waals surface area contributed by atoms with Gasteiger partial charge in [0.05, 0.1) is 6.04 Å². The number of imide groups is 1. The lowest BCUT2D eigenvalue weighted by Crippen LogP contribution is -2.43. The number of nitrogens with one attached hydrogen (secondary N) is 2. The zero-order valence-corrected chi connectivity index (χ0v) is 15.3. The maximum Gasteiger partial charge on any atom is 0.325 e. The SMILES string of the molecule is C[C@H](NC(=O)CN1C(=O)N[C@@](C)(c2ccc(F)cc2)C1=O)c1ccccc1F.